The molecule has 2 heterocycles. The molecule has 1 unspecified atom stereocenters. The average molecular weight is 369 g/mol. The molecule has 1 aromatic carbocycles. The second-order valence-electron chi connectivity index (χ2n) is 9.42. The summed E-state index contributed by atoms with van der Waals surface area (Å²) in [4.78, 5) is 14.9. The van der Waals surface area contributed by atoms with Crippen molar-refractivity contribution in [2.24, 2.45) is 11.8 Å². The van der Waals surface area contributed by atoms with Crippen LogP contribution in [-0.2, 0) is 4.79 Å². The zero-order valence-corrected chi connectivity index (χ0v) is 17.3. The Morgan fingerprint density at radius 1 is 1.07 bits per heavy atom. The first-order valence-corrected chi connectivity index (χ1v) is 11.3. The van der Waals surface area contributed by atoms with Gasteiger partial charge < -0.3 is 10.2 Å². The number of carbonyl (C=O) groups is 1. The van der Waals surface area contributed by atoms with Gasteiger partial charge in [-0.05, 0) is 93.0 Å². The molecule has 0 bridgehead atoms. The maximum atomic E-state index is 12.1. The molecule has 0 spiro atoms. The minimum Gasteiger partial charge on any atom is -0.325 e. The quantitative estimate of drug-likeness (QED) is 0.758. The van der Waals surface area contributed by atoms with E-state index in [4.69, 9.17) is 0 Å². The first-order valence-electron chi connectivity index (χ1n) is 11.3. The number of nitrogens with zero attached hydrogens (tertiary/aromatic N) is 1. The number of benzene rings is 1. The van der Waals surface area contributed by atoms with Gasteiger partial charge in [0, 0.05) is 11.7 Å². The summed E-state index contributed by atoms with van der Waals surface area (Å²) >= 11 is 0. The molecule has 3 heteroatoms. The number of hydrogen-bond acceptors (Lipinski definition) is 2. The Bertz CT molecular complexity index is 667. The van der Waals surface area contributed by atoms with Crippen LogP contribution in [0.3, 0.4) is 0 Å². The minimum absolute atomic E-state index is 0.0527. The van der Waals surface area contributed by atoms with E-state index < -0.39 is 0 Å². The molecule has 1 aliphatic carbocycles. The second kappa shape index (κ2) is 7.95. The SMILES string of the molecule is CCC1C(=O)Nc2cc(C3CCN(C4CCC(C(C)C)CC4)CC3)ccc21. The summed E-state index contributed by atoms with van der Waals surface area (Å²) in [7, 11) is 0. The normalized spacial score (nSPS) is 29.8. The van der Waals surface area contributed by atoms with E-state index >= 15 is 0 Å². The van der Waals surface area contributed by atoms with Gasteiger partial charge in [0.15, 0.2) is 0 Å². The van der Waals surface area contributed by atoms with Gasteiger partial charge >= 0.3 is 0 Å². The number of hydrogen-bond donors (Lipinski definition) is 1. The Morgan fingerprint density at radius 3 is 2.41 bits per heavy atom. The van der Waals surface area contributed by atoms with E-state index in [9.17, 15) is 4.79 Å². The predicted molar refractivity (Wildman–Crippen MR) is 112 cm³/mol. The van der Waals surface area contributed by atoms with Crippen LogP contribution in [0.2, 0.25) is 0 Å². The van der Waals surface area contributed by atoms with Gasteiger partial charge in [-0.1, -0.05) is 32.9 Å². The fourth-order valence-electron chi connectivity index (χ4n) is 5.74. The molecule has 2 fully saturated rings. The molecule has 0 radical (unpaired) electrons. The van der Waals surface area contributed by atoms with Crippen LogP contribution in [0.25, 0.3) is 0 Å². The highest BCUT2D eigenvalue weighted by molar-refractivity contribution is 6.02. The van der Waals surface area contributed by atoms with Crippen molar-refractivity contribution in [1.82, 2.24) is 4.90 Å². The van der Waals surface area contributed by atoms with Crippen LogP contribution in [0.4, 0.5) is 5.69 Å². The summed E-state index contributed by atoms with van der Waals surface area (Å²) in [5.41, 5.74) is 3.69. The third-order valence-corrected chi connectivity index (χ3v) is 7.64. The van der Waals surface area contributed by atoms with Crippen LogP contribution in [0.1, 0.15) is 88.7 Å². The summed E-state index contributed by atoms with van der Waals surface area (Å²) in [6, 6.07) is 7.58. The minimum atomic E-state index is 0.0527. The van der Waals surface area contributed by atoms with Gasteiger partial charge in [0.25, 0.3) is 0 Å². The highest BCUT2D eigenvalue weighted by Crippen LogP contribution is 2.39. The van der Waals surface area contributed by atoms with Crippen LogP contribution >= 0.6 is 0 Å². The van der Waals surface area contributed by atoms with E-state index in [0.717, 1.165) is 30.0 Å². The highest BCUT2D eigenvalue weighted by Gasteiger charge is 2.32. The molecule has 1 N–H and O–H groups in total. The molecule has 4 rings (SSSR count). The Morgan fingerprint density at radius 2 is 1.78 bits per heavy atom. The van der Waals surface area contributed by atoms with Crippen molar-refractivity contribution in [3.63, 3.8) is 0 Å². The van der Waals surface area contributed by atoms with Crippen LogP contribution in [0.15, 0.2) is 18.2 Å². The van der Waals surface area contributed by atoms with Gasteiger partial charge in [-0.3, -0.25) is 4.79 Å². The Balaban J connectivity index is 1.34. The molecule has 3 aliphatic rings. The van der Waals surface area contributed by atoms with Crippen molar-refractivity contribution in [2.75, 3.05) is 18.4 Å². The largest absolute Gasteiger partial charge is 0.325 e. The van der Waals surface area contributed by atoms with E-state index in [1.54, 1.807) is 0 Å². The number of anilines is 1. The van der Waals surface area contributed by atoms with Crippen molar-refractivity contribution in [1.29, 1.82) is 0 Å². The van der Waals surface area contributed by atoms with E-state index in [1.807, 2.05) is 0 Å². The molecule has 148 valence electrons. The van der Waals surface area contributed by atoms with E-state index in [0.29, 0.717) is 5.92 Å². The number of amides is 1. The molecular weight excluding hydrogens is 332 g/mol. The van der Waals surface area contributed by atoms with Crippen molar-refractivity contribution < 1.29 is 4.79 Å². The van der Waals surface area contributed by atoms with Crippen LogP contribution < -0.4 is 5.32 Å². The van der Waals surface area contributed by atoms with Gasteiger partial charge in [0.1, 0.15) is 0 Å². The third kappa shape index (κ3) is 3.81. The molecule has 1 amide bonds. The highest BCUT2D eigenvalue weighted by atomic mass is 16.2. The Labute approximate surface area is 164 Å². The van der Waals surface area contributed by atoms with Crippen molar-refractivity contribution >= 4 is 11.6 Å². The smallest absolute Gasteiger partial charge is 0.231 e. The zero-order valence-electron chi connectivity index (χ0n) is 17.3. The van der Waals surface area contributed by atoms with Crippen molar-refractivity contribution in [3.8, 4) is 0 Å². The standard InChI is InChI=1S/C24H36N2O/c1-4-21-22-10-7-19(15-23(22)25-24(21)27)18-11-13-26(14-12-18)20-8-5-17(6-9-20)16(2)3/h7,10,15-18,20-21H,4-6,8-9,11-14H2,1-3H3,(H,25,27). The lowest BCUT2D eigenvalue weighted by Gasteiger charge is -2.41. The fraction of sp³-hybridized carbons (Fsp3) is 0.708. The molecule has 0 aromatic heterocycles. The van der Waals surface area contributed by atoms with Gasteiger partial charge in [-0.25, -0.2) is 0 Å². The Kier molecular flexibility index (Phi) is 5.59. The third-order valence-electron chi connectivity index (χ3n) is 7.64. The van der Waals surface area contributed by atoms with Gasteiger partial charge in [-0.2, -0.15) is 0 Å². The lowest BCUT2D eigenvalue weighted by molar-refractivity contribution is -0.117. The summed E-state index contributed by atoms with van der Waals surface area (Å²) in [5, 5.41) is 3.10. The number of fused-ring (bicyclic) bond motifs is 1. The predicted octanol–water partition coefficient (Wildman–Crippen LogP) is 5.53. The molecule has 27 heavy (non-hydrogen) atoms. The van der Waals surface area contributed by atoms with Crippen LogP contribution in [-0.4, -0.2) is 29.9 Å². The molecule has 3 nitrogen and oxygen atoms in total. The van der Waals surface area contributed by atoms with E-state index in [1.165, 1.54) is 62.7 Å². The lowest BCUT2D eigenvalue weighted by atomic mass is 9.78. The van der Waals surface area contributed by atoms with Crippen molar-refractivity contribution in [3.05, 3.63) is 29.3 Å². The first kappa shape index (κ1) is 19.0. The lowest BCUT2D eigenvalue weighted by Crippen LogP contribution is -2.43. The van der Waals surface area contributed by atoms with E-state index in [-0.39, 0.29) is 11.8 Å². The topological polar surface area (TPSA) is 32.3 Å². The number of carbonyl (C=O) groups excluding carboxylic acids is 1. The number of piperidine rings is 1. The number of nitrogens with one attached hydrogen (secondary N) is 1. The zero-order chi connectivity index (χ0) is 19.0. The molecule has 2 aliphatic heterocycles. The molecule has 1 saturated heterocycles. The summed E-state index contributed by atoms with van der Waals surface area (Å²) in [6.07, 6.45) is 9.04. The average Bonchev–Trinajstić information content (AvgIpc) is 3.02. The van der Waals surface area contributed by atoms with Crippen LogP contribution in [0.5, 0.6) is 0 Å². The van der Waals surface area contributed by atoms with Gasteiger partial charge in [0.05, 0.1) is 5.92 Å². The van der Waals surface area contributed by atoms with Gasteiger partial charge in [-0.15, -0.1) is 0 Å². The molecular formula is C24H36N2O. The summed E-state index contributed by atoms with van der Waals surface area (Å²) in [6.45, 7) is 9.35. The molecule has 1 saturated carbocycles. The second-order valence-corrected chi connectivity index (χ2v) is 9.42. The van der Waals surface area contributed by atoms with E-state index in [2.05, 4.69) is 49.2 Å². The number of rotatable bonds is 4. The maximum absolute atomic E-state index is 12.1. The maximum Gasteiger partial charge on any atom is 0.231 e. The fourth-order valence-corrected chi connectivity index (χ4v) is 5.74. The molecule has 1 atom stereocenters. The molecule has 1 aromatic rings. The Hall–Kier alpha value is -1.35. The summed E-state index contributed by atoms with van der Waals surface area (Å²) in [5.74, 6) is 2.68. The first-order chi connectivity index (χ1) is 13.1. The monoisotopic (exact) mass is 368 g/mol. The van der Waals surface area contributed by atoms with Crippen LogP contribution in [0, 0.1) is 11.8 Å². The van der Waals surface area contributed by atoms with Crippen molar-refractivity contribution in [2.45, 2.75) is 83.6 Å². The number of likely N-dealkylation sites (tertiary alicyclic amines) is 1. The van der Waals surface area contributed by atoms with Gasteiger partial charge in [0.2, 0.25) is 5.91 Å². The summed E-state index contributed by atoms with van der Waals surface area (Å²) < 4.78 is 0.